The number of nitrogens with two attached hydrogens (primary N) is 1. The highest BCUT2D eigenvalue weighted by molar-refractivity contribution is 5.93. The van der Waals surface area contributed by atoms with Crippen LogP contribution in [-0.2, 0) is 0 Å². The van der Waals surface area contributed by atoms with Crippen LogP contribution < -0.4 is 5.73 Å². The van der Waals surface area contributed by atoms with E-state index in [2.05, 4.69) is 4.98 Å². The molecule has 1 unspecified atom stereocenters. The lowest BCUT2D eigenvalue weighted by molar-refractivity contribution is -0.384. The zero-order valence-corrected chi connectivity index (χ0v) is 10.8. The Hall–Kier alpha value is -1.89. The fraction of sp³-hybridized carbons (Fsp3) is 0.583. The highest BCUT2D eigenvalue weighted by Gasteiger charge is 2.26. The van der Waals surface area contributed by atoms with E-state index in [0.29, 0.717) is 19.0 Å². The first-order valence-electron chi connectivity index (χ1n) is 6.36. The van der Waals surface area contributed by atoms with Crippen molar-refractivity contribution >= 4 is 11.6 Å². The number of aromatic amines is 1. The van der Waals surface area contributed by atoms with Gasteiger partial charge >= 0.3 is 0 Å². The largest absolute Gasteiger partial charge is 0.351 e. The summed E-state index contributed by atoms with van der Waals surface area (Å²) in [5, 5.41) is 10.6. The number of rotatable bonds is 3. The number of nitrogens with zero attached hydrogens (tertiary/aromatic N) is 2. The summed E-state index contributed by atoms with van der Waals surface area (Å²) in [7, 11) is 0. The van der Waals surface area contributed by atoms with Gasteiger partial charge in [-0.15, -0.1) is 0 Å². The molecule has 1 amide bonds. The zero-order valence-electron chi connectivity index (χ0n) is 10.8. The van der Waals surface area contributed by atoms with Gasteiger partial charge in [0.25, 0.3) is 11.6 Å². The van der Waals surface area contributed by atoms with E-state index in [1.807, 2.05) is 6.92 Å². The number of piperidine rings is 1. The first-order valence-corrected chi connectivity index (χ1v) is 6.36. The highest BCUT2D eigenvalue weighted by atomic mass is 16.6. The lowest BCUT2D eigenvalue weighted by Crippen LogP contribution is -2.42. The number of nitrogens with one attached hydrogen (secondary N) is 1. The number of aromatic nitrogens is 1. The minimum Gasteiger partial charge on any atom is -0.351 e. The molecule has 104 valence electrons. The third kappa shape index (κ3) is 2.93. The normalized spacial score (nSPS) is 18.3. The zero-order chi connectivity index (χ0) is 14.0. The third-order valence-corrected chi connectivity index (χ3v) is 3.68. The number of nitro groups is 1. The second kappa shape index (κ2) is 5.40. The Bertz CT molecular complexity index is 475. The van der Waals surface area contributed by atoms with Gasteiger partial charge in [0.05, 0.1) is 11.1 Å². The van der Waals surface area contributed by atoms with Gasteiger partial charge in [0.1, 0.15) is 5.69 Å². The molecule has 0 aromatic carbocycles. The number of hydrogen-bond donors (Lipinski definition) is 2. The summed E-state index contributed by atoms with van der Waals surface area (Å²) in [6, 6.07) is 1.42. The van der Waals surface area contributed by atoms with Crippen molar-refractivity contribution < 1.29 is 9.72 Å². The van der Waals surface area contributed by atoms with Crippen molar-refractivity contribution in [3.63, 3.8) is 0 Å². The van der Waals surface area contributed by atoms with E-state index in [1.54, 1.807) is 4.90 Å². The van der Waals surface area contributed by atoms with E-state index in [0.717, 1.165) is 12.8 Å². The van der Waals surface area contributed by atoms with Crippen molar-refractivity contribution in [1.82, 2.24) is 9.88 Å². The Kier molecular flexibility index (Phi) is 3.84. The highest BCUT2D eigenvalue weighted by Crippen LogP contribution is 2.21. The molecule has 0 spiro atoms. The van der Waals surface area contributed by atoms with Crippen LogP contribution in [0.25, 0.3) is 0 Å². The molecule has 0 radical (unpaired) electrons. The Labute approximate surface area is 110 Å². The summed E-state index contributed by atoms with van der Waals surface area (Å²) in [5.74, 6) is 0.262. The monoisotopic (exact) mass is 266 g/mol. The lowest BCUT2D eigenvalue weighted by Gasteiger charge is -2.33. The van der Waals surface area contributed by atoms with Crippen LogP contribution in [0.1, 0.15) is 30.3 Å². The number of hydrogen-bond acceptors (Lipinski definition) is 4. The van der Waals surface area contributed by atoms with Gasteiger partial charge < -0.3 is 15.6 Å². The van der Waals surface area contributed by atoms with Gasteiger partial charge in [-0.25, -0.2) is 0 Å². The molecule has 1 fully saturated rings. The van der Waals surface area contributed by atoms with E-state index >= 15 is 0 Å². The predicted octanol–water partition coefficient (Wildman–Crippen LogP) is 1.12. The summed E-state index contributed by atoms with van der Waals surface area (Å²) in [6.45, 7) is 3.28. The van der Waals surface area contributed by atoms with Crippen molar-refractivity contribution in [2.45, 2.75) is 25.8 Å². The molecule has 1 aliphatic heterocycles. The summed E-state index contributed by atoms with van der Waals surface area (Å²) < 4.78 is 0. The summed E-state index contributed by atoms with van der Waals surface area (Å²) in [6.07, 6.45) is 3.00. The summed E-state index contributed by atoms with van der Waals surface area (Å²) >= 11 is 0. The van der Waals surface area contributed by atoms with Gasteiger partial charge in [-0.05, 0) is 25.7 Å². The van der Waals surface area contributed by atoms with Crippen LogP contribution in [0.4, 0.5) is 5.69 Å². The number of amides is 1. The maximum atomic E-state index is 12.2. The average Bonchev–Trinajstić information content (AvgIpc) is 2.87. The van der Waals surface area contributed by atoms with E-state index in [9.17, 15) is 14.9 Å². The molecule has 7 heteroatoms. The molecule has 3 N–H and O–H groups in total. The Morgan fingerprint density at radius 2 is 2.21 bits per heavy atom. The van der Waals surface area contributed by atoms with Gasteiger partial charge in [-0.1, -0.05) is 0 Å². The van der Waals surface area contributed by atoms with Gasteiger partial charge in [-0.2, -0.15) is 0 Å². The number of carbonyl (C=O) groups excluding carboxylic acids is 1. The van der Waals surface area contributed by atoms with E-state index in [1.165, 1.54) is 12.3 Å². The molecule has 1 atom stereocenters. The van der Waals surface area contributed by atoms with Gasteiger partial charge in [-0.3, -0.25) is 14.9 Å². The van der Waals surface area contributed by atoms with Crippen LogP contribution in [0.3, 0.4) is 0 Å². The van der Waals surface area contributed by atoms with Crippen LogP contribution in [0.15, 0.2) is 12.3 Å². The quantitative estimate of drug-likeness (QED) is 0.631. The maximum Gasteiger partial charge on any atom is 0.287 e. The van der Waals surface area contributed by atoms with Gasteiger partial charge in [0.2, 0.25) is 0 Å². The predicted molar refractivity (Wildman–Crippen MR) is 69.7 cm³/mol. The summed E-state index contributed by atoms with van der Waals surface area (Å²) in [4.78, 5) is 26.6. The Balaban J connectivity index is 1.99. The minimum atomic E-state index is -0.518. The maximum absolute atomic E-state index is 12.2. The molecule has 1 saturated heterocycles. The van der Waals surface area contributed by atoms with Crippen molar-refractivity contribution in [3.8, 4) is 0 Å². The second-order valence-corrected chi connectivity index (χ2v) is 5.02. The standard InChI is InChI=1S/C12H18N4O3/c1-8(13)9-2-4-15(5-3-9)12(17)11-6-10(7-14-11)16(18)19/h6-9,14H,2-5,13H2,1H3. The van der Waals surface area contributed by atoms with E-state index < -0.39 is 4.92 Å². The minimum absolute atomic E-state index is 0.0891. The number of carbonyl (C=O) groups is 1. The molecule has 1 aromatic heterocycles. The molecule has 0 bridgehead atoms. The molecule has 1 aromatic rings. The first kappa shape index (κ1) is 13.5. The Morgan fingerprint density at radius 1 is 1.58 bits per heavy atom. The topological polar surface area (TPSA) is 105 Å². The molecule has 2 rings (SSSR count). The average molecular weight is 266 g/mol. The van der Waals surface area contributed by atoms with Crippen LogP contribution in [-0.4, -0.2) is 39.8 Å². The summed E-state index contributed by atoms with van der Waals surface area (Å²) in [5.41, 5.74) is 6.03. The van der Waals surface area contributed by atoms with E-state index in [-0.39, 0.29) is 23.3 Å². The molecular weight excluding hydrogens is 248 g/mol. The van der Waals surface area contributed by atoms with Crippen molar-refractivity contribution in [2.24, 2.45) is 11.7 Å². The van der Waals surface area contributed by atoms with Crippen LogP contribution in [0.2, 0.25) is 0 Å². The molecule has 19 heavy (non-hydrogen) atoms. The smallest absolute Gasteiger partial charge is 0.287 e. The SMILES string of the molecule is CC(N)C1CCN(C(=O)c2cc([N+](=O)[O-])c[nH]2)CC1. The third-order valence-electron chi connectivity index (χ3n) is 3.68. The molecule has 0 aliphatic carbocycles. The van der Waals surface area contributed by atoms with Crippen LogP contribution >= 0.6 is 0 Å². The van der Waals surface area contributed by atoms with Crippen LogP contribution in [0.5, 0.6) is 0 Å². The molecule has 7 nitrogen and oxygen atoms in total. The first-order chi connectivity index (χ1) is 8.99. The number of H-pyrrole nitrogens is 1. The molecule has 2 heterocycles. The Morgan fingerprint density at radius 3 is 2.68 bits per heavy atom. The molecule has 0 saturated carbocycles. The van der Waals surface area contributed by atoms with E-state index in [4.69, 9.17) is 5.73 Å². The van der Waals surface area contributed by atoms with Gasteiger partial charge in [0, 0.05) is 25.2 Å². The van der Waals surface area contributed by atoms with Crippen molar-refractivity contribution in [1.29, 1.82) is 0 Å². The fourth-order valence-corrected chi connectivity index (χ4v) is 2.41. The lowest BCUT2D eigenvalue weighted by atomic mass is 9.91. The van der Waals surface area contributed by atoms with Crippen molar-refractivity contribution in [3.05, 3.63) is 28.1 Å². The van der Waals surface area contributed by atoms with Gasteiger partial charge in [0.15, 0.2) is 0 Å². The number of likely N-dealkylation sites (tertiary alicyclic amines) is 1. The second-order valence-electron chi connectivity index (χ2n) is 5.02. The van der Waals surface area contributed by atoms with Crippen LogP contribution in [0, 0.1) is 16.0 Å². The molecular formula is C12H18N4O3. The molecule has 1 aliphatic rings. The fourth-order valence-electron chi connectivity index (χ4n) is 2.41. The van der Waals surface area contributed by atoms with Crippen molar-refractivity contribution in [2.75, 3.05) is 13.1 Å².